The second-order valence-electron chi connectivity index (χ2n) is 8.98. The predicted molar refractivity (Wildman–Crippen MR) is 134 cm³/mol. The first-order valence-corrected chi connectivity index (χ1v) is 13.8. The molecule has 0 rings (SSSR count). The number of nitrogens with one attached hydrogen (secondary N) is 1. The molecule has 0 fully saturated rings. The Morgan fingerprint density at radius 1 is 0.562 bits per heavy atom. The average molecular weight is 456 g/mol. The van der Waals surface area contributed by atoms with Gasteiger partial charge in [-0.25, -0.2) is 4.79 Å². The van der Waals surface area contributed by atoms with E-state index in [4.69, 9.17) is 9.47 Å². The summed E-state index contributed by atoms with van der Waals surface area (Å²) in [5, 5.41) is 2.68. The van der Waals surface area contributed by atoms with Crippen molar-refractivity contribution in [1.82, 2.24) is 5.32 Å². The zero-order valence-electron chi connectivity index (χ0n) is 21.4. The highest BCUT2D eigenvalue weighted by Gasteiger charge is 2.03. The molecule has 0 aromatic carbocycles. The van der Waals surface area contributed by atoms with Crippen LogP contribution in [0.1, 0.15) is 142 Å². The molecule has 0 spiro atoms. The minimum absolute atomic E-state index is 0.0932. The van der Waals surface area contributed by atoms with E-state index in [0.717, 1.165) is 32.1 Å². The first-order chi connectivity index (χ1) is 15.7. The fourth-order valence-electron chi connectivity index (χ4n) is 3.85. The summed E-state index contributed by atoms with van der Waals surface area (Å²) >= 11 is 0. The molecular weight excluding hydrogens is 402 g/mol. The lowest BCUT2D eigenvalue weighted by Crippen LogP contribution is -2.25. The number of alkyl carbamates (subject to hydrolysis) is 1. The van der Waals surface area contributed by atoms with Crippen LogP contribution in [0, 0.1) is 0 Å². The number of ether oxygens (including phenoxy) is 2. The quantitative estimate of drug-likeness (QED) is 0.118. The van der Waals surface area contributed by atoms with Crippen LogP contribution in [0.2, 0.25) is 0 Å². The number of amides is 1. The molecule has 0 heterocycles. The zero-order chi connectivity index (χ0) is 23.5. The van der Waals surface area contributed by atoms with Crippen LogP contribution < -0.4 is 5.32 Å². The highest BCUT2D eigenvalue weighted by molar-refractivity contribution is 5.69. The number of carbonyl (C=O) groups is 2. The predicted octanol–water partition coefficient (Wildman–Crippen LogP) is 8.10. The summed E-state index contributed by atoms with van der Waals surface area (Å²) in [7, 11) is 0. The van der Waals surface area contributed by atoms with E-state index in [1.54, 1.807) is 6.92 Å². The van der Waals surface area contributed by atoms with Crippen molar-refractivity contribution in [3.05, 3.63) is 0 Å². The van der Waals surface area contributed by atoms with Gasteiger partial charge in [0.2, 0.25) is 0 Å². The van der Waals surface area contributed by atoms with Gasteiger partial charge in [0, 0.05) is 13.0 Å². The second-order valence-corrected chi connectivity index (χ2v) is 8.98. The Balaban J connectivity index is 3.17. The molecule has 0 saturated carbocycles. The molecule has 5 heteroatoms. The third-order valence-corrected chi connectivity index (χ3v) is 5.86. The van der Waals surface area contributed by atoms with Crippen LogP contribution in [-0.2, 0) is 14.3 Å². The zero-order valence-corrected chi connectivity index (χ0v) is 21.4. The highest BCUT2D eigenvalue weighted by atomic mass is 16.5. The Bertz CT molecular complexity index is 414. The Labute approximate surface area is 198 Å². The van der Waals surface area contributed by atoms with Crippen molar-refractivity contribution >= 4 is 12.1 Å². The largest absolute Gasteiger partial charge is 0.466 e. The molecule has 0 saturated heterocycles. The molecule has 0 radical (unpaired) electrons. The van der Waals surface area contributed by atoms with Crippen LogP contribution >= 0.6 is 0 Å². The standard InChI is InChI=1S/C27H53NO4/c1-3-5-6-7-8-9-10-11-12-13-14-15-16-17-18-22-25-32-26(29)23-20-19-21-24-28-27(30)31-4-2/h3-25H2,1-2H3,(H,28,30). The highest BCUT2D eigenvalue weighted by Crippen LogP contribution is 2.13. The number of carbonyl (C=O) groups excluding carboxylic acids is 2. The van der Waals surface area contributed by atoms with Gasteiger partial charge in [0.05, 0.1) is 13.2 Å². The monoisotopic (exact) mass is 455 g/mol. The Morgan fingerprint density at radius 3 is 1.53 bits per heavy atom. The molecule has 0 unspecified atom stereocenters. The van der Waals surface area contributed by atoms with Crippen LogP contribution in [0.4, 0.5) is 4.79 Å². The first kappa shape index (κ1) is 30.7. The molecule has 190 valence electrons. The molecule has 32 heavy (non-hydrogen) atoms. The molecule has 0 aromatic rings. The Kier molecular flexibility index (Phi) is 25.0. The van der Waals surface area contributed by atoms with Crippen molar-refractivity contribution in [2.24, 2.45) is 0 Å². The van der Waals surface area contributed by atoms with E-state index in [1.165, 1.54) is 89.9 Å². The lowest BCUT2D eigenvalue weighted by molar-refractivity contribution is -0.143. The molecule has 0 atom stereocenters. The van der Waals surface area contributed by atoms with Gasteiger partial charge in [0.15, 0.2) is 0 Å². The van der Waals surface area contributed by atoms with Gasteiger partial charge in [0.1, 0.15) is 0 Å². The van der Waals surface area contributed by atoms with E-state index >= 15 is 0 Å². The molecule has 0 aromatic heterocycles. The Morgan fingerprint density at radius 2 is 1.03 bits per heavy atom. The summed E-state index contributed by atoms with van der Waals surface area (Å²) < 4.78 is 10.1. The van der Waals surface area contributed by atoms with E-state index in [0.29, 0.717) is 26.2 Å². The maximum atomic E-state index is 11.7. The van der Waals surface area contributed by atoms with Crippen molar-refractivity contribution < 1.29 is 19.1 Å². The Hall–Kier alpha value is -1.26. The number of esters is 1. The van der Waals surface area contributed by atoms with E-state index in [-0.39, 0.29) is 12.1 Å². The smallest absolute Gasteiger partial charge is 0.407 e. The van der Waals surface area contributed by atoms with Crippen LogP contribution in [0.5, 0.6) is 0 Å². The molecule has 1 N–H and O–H groups in total. The number of rotatable bonds is 24. The summed E-state index contributed by atoms with van der Waals surface area (Å²) in [6.45, 7) is 5.59. The van der Waals surface area contributed by atoms with Crippen molar-refractivity contribution in [3.8, 4) is 0 Å². The van der Waals surface area contributed by atoms with Gasteiger partial charge < -0.3 is 14.8 Å². The number of hydrogen-bond acceptors (Lipinski definition) is 4. The fourth-order valence-corrected chi connectivity index (χ4v) is 3.85. The molecule has 0 aliphatic heterocycles. The van der Waals surface area contributed by atoms with Gasteiger partial charge in [-0.05, 0) is 26.2 Å². The van der Waals surface area contributed by atoms with E-state index < -0.39 is 0 Å². The third-order valence-electron chi connectivity index (χ3n) is 5.86. The molecule has 0 bridgehead atoms. The average Bonchev–Trinajstić information content (AvgIpc) is 2.78. The van der Waals surface area contributed by atoms with Crippen molar-refractivity contribution in [2.75, 3.05) is 19.8 Å². The molecular formula is C27H53NO4. The second kappa shape index (κ2) is 26.0. The van der Waals surface area contributed by atoms with E-state index in [9.17, 15) is 9.59 Å². The normalized spacial score (nSPS) is 10.8. The van der Waals surface area contributed by atoms with Gasteiger partial charge in [-0.15, -0.1) is 0 Å². The fraction of sp³-hybridized carbons (Fsp3) is 0.926. The molecule has 0 aliphatic rings. The topological polar surface area (TPSA) is 64.6 Å². The minimum atomic E-state index is -0.370. The van der Waals surface area contributed by atoms with Gasteiger partial charge in [0.25, 0.3) is 0 Å². The van der Waals surface area contributed by atoms with Gasteiger partial charge >= 0.3 is 12.1 Å². The first-order valence-electron chi connectivity index (χ1n) is 13.8. The van der Waals surface area contributed by atoms with Gasteiger partial charge in [-0.1, -0.05) is 110 Å². The maximum absolute atomic E-state index is 11.7. The summed E-state index contributed by atoms with van der Waals surface area (Å²) in [6, 6.07) is 0. The lowest BCUT2D eigenvalue weighted by Gasteiger charge is -2.06. The maximum Gasteiger partial charge on any atom is 0.407 e. The SMILES string of the molecule is CCCCCCCCCCCCCCCCCCOC(=O)CCCCCNC(=O)OCC. The van der Waals surface area contributed by atoms with Gasteiger partial charge in [-0.2, -0.15) is 0 Å². The van der Waals surface area contributed by atoms with Crippen LogP contribution in [0.15, 0.2) is 0 Å². The van der Waals surface area contributed by atoms with Crippen LogP contribution in [0.3, 0.4) is 0 Å². The van der Waals surface area contributed by atoms with Crippen molar-refractivity contribution in [3.63, 3.8) is 0 Å². The van der Waals surface area contributed by atoms with Crippen molar-refractivity contribution in [1.29, 1.82) is 0 Å². The van der Waals surface area contributed by atoms with Crippen molar-refractivity contribution in [2.45, 2.75) is 142 Å². The lowest BCUT2D eigenvalue weighted by atomic mass is 10.0. The van der Waals surface area contributed by atoms with E-state index in [1.807, 2.05) is 0 Å². The summed E-state index contributed by atoms with van der Waals surface area (Å²) in [6.07, 6.45) is 24.2. The minimum Gasteiger partial charge on any atom is -0.466 e. The molecule has 1 amide bonds. The summed E-state index contributed by atoms with van der Waals surface area (Å²) in [5.74, 6) is -0.0932. The van der Waals surface area contributed by atoms with E-state index in [2.05, 4.69) is 12.2 Å². The van der Waals surface area contributed by atoms with Crippen LogP contribution in [0.25, 0.3) is 0 Å². The van der Waals surface area contributed by atoms with Gasteiger partial charge in [-0.3, -0.25) is 4.79 Å². The molecule has 0 aliphatic carbocycles. The number of unbranched alkanes of at least 4 members (excludes halogenated alkanes) is 17. The number of hydrogen-bond donors (Lipinski definition) is 1. The van der Waals surface area contributed by atoms with Crippen LogP contribution in [-0.4, -0.2) is 31.8 Å². The third kappa shape index (κ3) is 25.0. The summed E-state index contributed by atoms with van der Waals surface area (Å²) in [4.78, 5) is 22.8. The summed E-state index contributed by atoms with van der Waals surface area (Å²) in [5.41, 5.74) is 0. The molecule has 5 nitrogen and oxygen atoms in total.